The molecule has 4 nitrogen and oxygen atoms in total. The fourth-order valence-corrected chi connectivity index (χ4v) is 4.14. The minimum absolute atomic E-state index is 0.422. The van der Waals surface area contributed by atoms with Crippen molar-refractivity contribution in [3.05, 3.63) is 58.9 Å². The van der Waals surface area contributed by atoms with E-state index >= 15 is 0 Å². The van der Waals surface area contributed by atoms with Crippen LogP contribution in [-0.2, 0) is 10.3 Å². The van der Waals surface area contributed by atoms with Crippen LogP contribution in [0.4, 0.5) is 9.18 Å². The first-order valence-corrected chi connectivity index (χ1v) is 8.18. The summed E-state index contributed by atoms with van der Waals surface area (Å²) in [4.78, 5) is 24.6. The molecule has 2 fully saturated rings. The van der Waals surface area contributed by atoms with Gasteiger partial charge in [0.25, 0.3) is 5.91 Å². The van der Waals surface area contributed by atoms with Gasteiger partial charge < -0.3 is 5.32 Å². The Kier molecular flexibility index (Phi) is 2.54. The fraction of sp³-hybridized carbons (Fsp3) is 0.263. The second-order valence-electron chi connectivity index (χ2n) is 6.78. The normalized spacial score (nSPS) is 24.4. The van der Waals surface area contributed by atoms with Gasteiger partial charge in [0.05, 0.1) is 0 Å². The number of imide groups is 1. The van der Waals surface area contributed by atoms with Crippen LogP contribution >= 0.6 is 0 Å². The maximum absolute atomic E-state index is 13.9. The Labute approximate surface area is 138 Å². The van der Waals surface area contributed by atoms with Gasteiger partial charge in [0.15, 0.2) is 5.54 Å². The highest BCUT2D eigenvalue weighted by molar-refractivity contribution is 6.13. The first-order valence-electron chi connectivity index (χ1n) is 8.18. The van der Waals surface area contributed by atoms with E-state index in [9.17, 15) is 14.0 Å². The van der Waals surface area contributed by atoms with E-state index in [-0.39, 0.29) is 0 Å². The summed E-state index contributed by atoms with van der Waals surface area (Å²) >= 11 is 0. The monoisotopic (exact) mass is 322 g/mol. The summed E-state index contributed by atoms with van der Waals surface area (Å²) in [5, 5.41) is 5.07. The van der Waals surface area contributed by atoms with Gasteiger partial charge in [0.2, 0.25) is 0 Å². The summed E-state index contributed by atoms with van der Waals surface area (Å²) < 4.78 is 13.9. The molecule has 1 saturated carbocycles. The quantitative estimate of drug-likeness (QED) is 0.792. The van der Waals surface area contributed by atoms with Gasteiger partial charge in [-0.05, 0) is 53.1 Å². The Morgan fingerprint density at radius 1 is 1.00 bits per heavy atom. The number of urea groups is 1. The smallest absolute Gasteiger partial charge is 0.316 e. The second kappa shape index (κ2) is 4.44. The van der Waals surface area contributed by atoms with Gasteiger partial charge in [-0.3, -0.25) is 10.1 Å². The van der Waals surface area contributed by atoms with Crippen LogP contribution in [0.3, 0.4) is 0 Å². The van der Waals surface area contributed by atoms with Crippen molar-refractivity contribution < 1.29 is 14.0 Å². The summed E-state index contributed by atoms with van der Waals surface area (Å²) in [6, 6.07) is 9.97. The van der Waals surface area contributed by atoms with Crippen LogP contribution < -0.4 is 10.6 Å². The standard InChI is InChI=1S/C19H15FN2O2/c20-12-5-7-14-13-6-4-11(10-2-1-3-10)8-15(13)19(16(14)9-12)17(23)21-18(24)22-19/h4-10H,1-3H2,(H2,21,22,23,24)/t19-/m1/s1. The number of nitrogens with one attached hydrogen (secondary N) is 2. The zero-order valence-corrected chi connectivity index (χ0v) is 12.9. The number of fused-ring (bicyclic) bond motifs is 5. The third-order valence-electron chi connectivity index (χ3n) is 5.57. The number of carbonyl (C=O) groups excluding carboxylic acids is 2. The molecule has 2 aromatic rings. The van der Waals surface area contributed by atoms with E-state index in [1.165, 1.54) is 24.1 Å². The summed E-state index contributed by atoms with van der Waals surface area (Å²) in [6.45, 7) is 0. The number of hydrogen-bond acceptors (Lipinski definition) is 2. The SMILES string of the molecule is O=C1NC(=O)[C@]2(N1)c1cc(F)ccc1-c1ccc(C3CCC3)cc12. The number of benzene rings is 2. The van der Waals surface area contributed by atoms with Crippen molar-refractivity contribution in [1.29, 1.82) is 0 Å². The highest BCUT2D eigenvalue weighted by Gasteiger charge is 2.55. The minimum Gasteiger partial charge on any atom is -0.316 e. The number of halogens is 1. The first-order chi connectivity index (χ1) is 11.6. The van der Waals surface area contributed by atoms with E-state index < -0.39 is 23.3 Å². The Morgan fingerprint density at radius 3 is 2.33 bits per heavy atom. The first kappa shape index (κ1) is 13.7. The van der Waals surface area contributed by atoms with Crippen LogP contribution in [0.15, 0.2) is 36.4 Å². The van der Waals surface area contributed by atoms with Crippen LogP contribution in [-0.4, -0.2) is 11.9 Å². The van der Waals surface area contributed by atoms with Crippen LogP contribution in [0.1, 0.15) is 41.9 Å². The lowest BCUT2D eigenvalue weighted by atomic mass is 9.78. The molecule has 0 unspecified atom stereocenters. The maximum Gasteiger partial charge on any atom is 0.322 e. The molecule has 1 aliphatic heterocycles. The van der Waals surface area contributed by atoms with Crippen molar-refractivity contribution >= 4 is 11.9 Å². The molecule has 2 N–H and O–H groups in total. The van der Waals surface area contributed by atoms with Gasteiger partial charge in [-0.2, -0.15) is 0 Å². The van der Waals surface area contributed by atoms with Crippen LogP contribution in [0.2, 0.25) is 0 Å². The Balaban J connectivity index is 1.79. The van der Waals surface area contributed by atoms with Gasteiger partial charge in [-0.15, -0.1) is 0 Å². The van der Waals surface area contributed by atoms with Crippen LogP contribution in [0.25, 0.3) is 11.1 Å². The lowest BCUT2D eigenvalue weighted by molar-refractivity contribution is -0.122. The van der Waals surface area contributed by atoms with Crippen molar-refractivity contribution in [3.63, 3.8) is 0 Å². The van der Waals surface area contributed by atoms with Gasteiger partial charge in [0.1, 0.15) is 5.82 Å². The van der Waals surface area contributed by atoms with Crippen molar-refractivity contribution in [2.24, 2.45) is 0 Å². The third kappa shape index (κ3) is 1.57. The number of rotatable bonds is 1. The van der Waals surface area contributed by atoms with E-state index in [1.807, 2.05) is 12.1 Å². The summed E-state index contributed by atoms with van der Waals surface area (Å²) in [7, 11) is 0. The molecule has 120 valence electrons. The van der Waals surface area contributed by atoms with Gasteiger partial charge in [-0.1, -0.05) is 30.7 Å². The average molecular weight is 322 g/mol. The highest BCUT2D eigenvalue weighted by atomic mass is 19.1. The van der Waals surface area contributed by atoms with E-state index in [4.69, 9.17) is 0 Å². The Bertz CT molecular complexity index is 920. The lowest BCUT2D eigenvalue weighted by Crippen LogP contribution is -2.43. The molecule has 0 bridgehead atoms. The molecule has 0 radical (unpaired) electrons. The molecule has 3 amide bonds. The van der Waals surface area contributed by atoms with Crippen molar-refractivity contribution in [3.8, 4) is 11.1 Å². The van der Waals surface area contributed by atoms with Gasteiger partial charge in [-0.25, -0.2) is 9.18 Å². The van der Waals surface area contributed by atoms with Crippen molar-refractivity contribution in [1.82, 2.24) is 10.6 Å². The van der Waals surface area contributed by atoms with Crippen molar-refractivity contribution in [2.45, 2.75) is 30.7 Å². The average Bonchev–Trinajstić information content (AvgIpc) is 2.94. The summed E-state index contributed by atoms with van der Waals surface area (Å²) in [6.07, 6.45) is 3.51. The molecule has 2 aliphatic carbocycles. The highest BCUT2D eigenvalue weighted by Crippen LogP contribution is 2.50. The van der Waals surface area contributed by atoms with E-state index in [0.717, 1.165) is 29.5 Å². The molecule has 5 heteroatoms. The van der Waals surface area contributed by atoms with E-state index in [2.05, 4.69) is 16.7 Å². The summed E-state index contributed by atoms with van der Waals surface area (Å²) in [5.41, 5.74) is 2.79. The van der Waals surface area contributed by atoms with Gasteiger partial charge in [0, 0.05) is 5.56 Å². The minimum atomic E-state index is -1.32. The third-order valence-corrected chi connectivity index (χ3v) is 5.57. The molecule has 1 atom stereocenters. The molecule has 24 heavy (non-hydrogen) atoms. The predicted molar refractivity (Wildman–Crippen MR) is 85.9 cm³/mol. The van der Waals surface area contributed by atoms with Crippen LogP contribution in [0, 0.1) is 5.82 Å². The lowest BCUT2D eigenvalue weighted by Gasteiger charge is -2.28. The largest absolute Gasteiger partial charge is 0.322 e. The van der Waals surface area contributed by atoms with Crippen LogP contribution in [0.5, 0.6) is 0 Å². The molecule has 1 saturated heterocycles. The molecule has 3 aliphatic rings. The molecule has 2 aromatic carbocycles. The fourth-order valence-electron chi connectivity index (χ4n) is 4.14. The predicted octanol–water partition coefficient (Wildman–Crippen LogP) is 3.16. The van der Waals surface area contributed by atoms with E-state index in [0.29, 0.717) is 11.5 Å². The molecular formula is C19H15FN2O2. The molecule has 0 aromatic heterocycles. The molecular weight excluding hydrogens is 307 g/mol. The Morgan fingerprint density at radius 2 is 1.71 bits per heavy atom. The van der Waals surface area contributed by atoms with Crippen molar-refractivity contribution in [2.75, 3.05) is 0 Å². The number of hydrogen-bond donors (Lipinski definition) is 2. The molecule has 1 heterocycles. The second-order valence-corrected chi connectivity index (χ2v) is 6.78. The zero-order chi connectivity index (χ0) is 16.5. The van der Waals surface area contributed by atoms with E-state index in [1.54, 1.807) is 6.07 Å². The van der Waals surface area contributed by atoms with Gasteiger partial charge >= 0.3 is 6.03 Å². The Hall–Kier alpha value is -2.69. The molecule has 1 spiro atoms. The number of carbonyl (C=O) groups is 2. The zero-order valence-electron chi connectivity index (χ0n) is 12.9. The maximum atomic E-state index is 13.9. The number of amides is 3. The molecule has 5 rings (SSSR count). The summed E-state index contributed by atoms with van der Waals surface area (Å²) in [5.74, 6) is -0.356. The topological polar surface area (TPSA) is 58.2 Å².